The fourth-order valence-corrected chi connectivity index (χ4v) is 3.12. The lowest BCUT2D eigenvalue weighted by atomic mass is 10.1. The summed E-state index contributed by atoms with van der Waals surface area (Å²) in [6, 6.07) is 10.3. The second kappa shape index (κ2) is 9.91. The molecule has 1 aliphatic rings. The van der Waals surface area contributed by atoms with Gasteiger partial charge in [-0.05, 0) is 31.0 Å². The number of aliphatic imine (C=N–C) groups is 1. The Bertz CT molecular complexity index is 695. The van der Waals surface area contributed by atoms with Gasteiger partial charge in [0.2, 0.25) is 0 Å². The van der Waals surface area contributed by atoms with E-state index in [1.807, 2.05) is 18.3 Å². The van der Waals surface area contributed by atoms with Gasteiger partial charge in [0.25, 0.3) is 0 Å². The van der Waals surface area contributed by atoms with Crippen LogP contribution in [-0.4, -0.2) is 49.2 Å². The van der Waals surface area contributed by atoms with Crippen molar-refractivity contribution in [2.75, 3.05) is 33.4 Å². The molecule has 1 N–H and O–H groups in total. The average molecular weight is 454 g/mol. The SMILES string of the molecule is CCNC(=NCc1ccnc2ccccc12)N(C)CC1CCOC1.I. The van der Waals surface area contributed by atoms with E-state index in [4.69, 9.17) is 9.73 Å². The molecule has 1 fully saturated rings. The molecule has 25 heavy (non-hydrogen) atoms. The van der Waals surface area contributed by atoms with E-state index in [0.29, 0.717) is 12.5 Å². The minimum Gasteiger partial charge on any atom is -0.381 e. The maximum atomic E-state index is 5.48. The fourth-order valence-electron chi connectivity index (χ4n) is 3.12. The lowest BCUT2D eigenvalue weighted by Crippen LogP contribution is -2.41. The smallest absolute Gasteiger partial charge is 0.193 e. The average Bonchev–Trinajstić information content (AvgIpc) is 3.11. The minimum absolute atomic E-state index is 0. The number of pyridine rings is 1. The van der Waals surface area contributed by atoms with Crippen LogP contribution in [0.1, 0.15) is 18.9 Å². The van der Waals surface area contributed by atoms with Gasteiger partial charge in [0.15, 0.2) is 5.96 Å². The zero-order chi connectivity index (χ0) is 16.8. The summed E-state index contributed by atoms with van der Waals surface area (Å²) in [6.45, 7) is 6.33. The van der Waals surface area contributed by atoms with Crippen molar-refractivity contribution in [2.24, 2.45) is 10.9 Å². The maximum Gasteiger partial charge on any atom is 0.193 e. The lowest BCUT2D eigenvalue weighted by molar-refractivity contribution is 0.181. The zero-order valence-electron chi connectivity index (χ0n) is 14.9. The maximum absolute atomic E-state index is 5.48. The zero-order valence-corrected chi connectivity index (χ0v) is 17.3. The van der Waals surface area contributed by atoms with Gasteiger partial charge in [0, 0.05) is 44.2 Å². The highest BCUT2D eigenvalue weighted by atomic mass is 127. The van der Waals surface area contributed by atoms with Gasteiger partial charge in [-0.2, -0.15) is 0 Å². The highest BCUT2D eigenvalue weighted by Crippen LogP contribution is 2.17. The van der Waals surface area contributed by atoms with E-state index in [-0.39, 0.29) is 24.0 Å². The molecular weight excluding hydrogens is 427 g/mol. The second-order valence-electron chi connectivity index (χ2n) is 6.27. The molecule has 1 aliphatic heterocycles. The highest BCUT2D eigenvalue weighted by molar-refractivity contribution is 14.0. The van der Waals surface area contributed by atoms with Crippen LogP contribution in [0.5, 0.6) is 0 Å². The van der Waals surface area contributed by atoms with Crippen molar-refractivity contribution < 1.29 is 4.74 Å². The molecule has 1 aromatic carbocycles. The van der Waals surface area contributed by atoms with Crippen LogP contribution in [0.15, 0.2) is 41.5 Å². The van der Waals surface area contributed by atoms with Crippen LogP contribution in [0.25, 0.3) is 10.9 Å². The monoisotopic (exact) mass is 454 g/mol. The van der Waals surface area contributed by atoms with E-state index >= 15 is 0 Å². The molecule has 0 aliphatic carbocycles. The van der Waals surface area contributed by atoms with Crippen LogP contribution < -0.4 is 5.32 Å². The second-order valence-corrected chi connectivity index (χ2v) is 6.27. The molecule has 2 aromatic rings. The van der Waals surface area contributed by atoms with Gasteiger partial charge in [-0.15, -0.1) is 24.0 Å². The Morgan fingerprint density at radius 1 is 1.36 bits per heavy atom. The van der Waals surface area contributed by atoms with Gasteiger partial charge >= 0.3 is 0 Å². The van der Waals surface area contributed by atoms with E-state index in [0.717, 1.165) is 44.2 Å². The van der Waals surface area contributed by atoms with Crippen molar-refractivity contribution in [2.45, 2.75) is 19.9 Å². The summed E-state index contributed by atoms with van der Waals surface area (Å²) in [5.74, 6) is 1.55. The van der Waals surface area contributed by atoms with Crippen molar-refractivity contribution in [3.8, 4) is 0 Å². The minimum atomic E-state index is 0. The van der Waals surface area contributed by atoms with Crippen LogP contribution in [-0.2, 0) is 11.3 Å². The van der Waals surface area contributed by atoms with Crippen molar-refractivity contribution in [3.63, 3.8) is 0 Å². The number of benzene rings is 1. The number of halogens is 1. The summed E-state index contributed by atoms with van der Waals surface area (Å²) in [5.41, 5.74) is 2.22. The third-order valence-electron chi connectivity index (χ3n) is 4.39. The van der Waals surface area contributed by atoms with Crippen LogP contribution >= 0.6 is 24.0 Å². The van der Waals surface area contributed by atoms with E-state index < -0.39 is 0 Å². The molecule has 0 spiro atoms. The van der Waals surface area contributed by atoms with Crippen molar-refractivity contribution >= 4 is 40.8 Å². The first kappa shape index (κ1) is 19.9. The molecular formula is C19H27IN4O. The lowest BCUT2D eigenvalue weighted by Gasteiger charge is -2.24. The summed E-state index contributed by atoms with van der Waals surface area (Å²) >= 11 is 0. The molecule has 3 rings (SSSR count). The number of guanidine groups is 1. The number of hydrogen-bond donors (Lipinski definition) is 1. The largest absolute Gasteiger partial charge is 0.381 e. The highest BCUT2D eigenvalue weighted by Gasteiger charge is 2.19. The van der Waals surface area contributed by atoms with Gasteiger partial charge in [0.1, 0.15) is 0 Å². The van der Waals surface area contributed by atoms with Gasteiger partial charge in [0.05, 0.1) is 18.7 Å². The Morgan fingerprint density at radius 2 is 2.20 bits per heavy atom. The standard InChI is InChI=1S/C19H26N4O.HI/c1-3-20-19(23(2)13-15-9-11-24-14-15)22-12-16-8-10-21-18-7-5-4-6-17(16)18;/h4-8,10,15H,3,9,11-14H2,1-2H3,(H,20,22);1H. The fraction of sp³-hybridized carbons (Fsp3) is 0.474. The van der Waals surface area contributed by atoms with Crippen LogP contribution in [0.2, 0.25) is 0 Å². The molecule has 1 aromatic heterocycles. The number of fused-ring (bicyclic) bond motifs is 1. The third-order valence-corrected chi connectivity index (χ3v) is 4.39. The van der Waals surface area contributed by atoms with Crippen LogP contribution in [0.3, 0.4) is 0 Å². The van der Waals surface area contributed by atoms with Crippen LogP contribution in [0.4, 0.5) is 0 Å². The Morgan fingerprint density at radius 3 is 2.96 bits per heavy atom. The van der Waals surface area contributed by atoms with E-state index in [9.17, 15) is 0 Å². The molecule has 1 saturated heterocycles. The summed E-state index contributed by atoms with van der Waals surface area (Å²) in [5, 5.41) is 4.57. The van der Waals surface area contributed by atoms with Crippen molar-refractivity contribution in [1.29, 1.82) is 0 Å². The molecule has 136 valence electrons. The van der Waals surface area contributed by atoms with E-state index in [1.165, 1.54) is 10.9 Å². The summed E-state index contributed by atoms with van der Waals surface area (Å²) in [7, 11) is 2.10. The molecule has 0 amide bonds. The Balaban J connectivity index is 0.00000225. The van der Waals surface area contributed by atoms with Gasteiger partial charge in [-0.3, -0.25) is 4.98 Å². The normalized spacial score (nSPS) is 17.4. The Hall–Kier alpha value is -1.41. The molecule has 1 atom stereocenters. The topological polar surface area (TPSA) is 49.8 Å². The quantitative estimate of drug-likeness (QED) is 0.428. The van der Waals surface area contributed by atoms with E-state index in [2.05, 4.69) is 47.4 Å². The number of para-hydroxylation sites is 1. The number of nitrogens with zero attached hydrogens (tertiary/aromatic N) is 3. The molecule has 5 nitrogen and oxygen atoms in total. The predicted molar refractivity (Wildman–Crippen MR) is 114 cm³/mol. The molecule has 1 unspecified atom stereocenters. The number of aromatic nitrogens is 1. The Labute approximate surface area is 166 Å². The van der Waals surface area contributed by atoms with E-state index in [1.54, 1.807) is 0 Å². The number of nitrogens with one attached hydrogen (secondary N) is 1. The van der Waals surface area contributed by atoms with Crippen LogP contribution in [0, 0.1) is 5.92 Å². The predicted octanol–water partition coefficient (Wildman–Crippen LogP) is 3.29. The first-order chi connectivity index (χ1) is 11.8. The van der Waals surface area contributed by atoms with Gasteiger partial charge in [-0.25, -0.2) is 4.99 Å². The summed E-state index contributed by atoms with van der Waals surface area (Å²) < 4.78 is 5.48. The summed E-state index contributed by atoms with van der Waals surface area (Å²) in [4.78, 5) is 11.5. The number of ether oxygens (including phenoxy) is 1. The molecule has 6 heteroatoms. The first-order valence-corrected chi connectivity index (χ1v) is 8.67. The number of rotatable bonds is 5. The molecule has 0 radical (unpaired) electrons. The summed E-state index contributed by atoms with van der Waals surface area (Å²) in [6.07, 6.45) is 3.00. The van der Waals surface area contributed by atoms with Gasteiger partial charge < -0.3 is 15.0 Å². The molecule has 2 heterocycles. The van der Waals surface area contributed by atoms with Crippen molar-refractivity contribution in [1.82, 2.24) is 15.2 Å². The molecule has 0 saturated carbocycles. The number of hydrogen-bond acceptors (Lipinski definition) is 3. The third kappa shape index (κ3) is 5.28. The molecule has 0 bridgehead atoms. The van der Waals surface area contributed by atoms with Crippen molar-refractivity contribution in [3.05, 3.63) is 42.1 Å². The first-order valence-electron chi connectivity index (χ1n) is 8.67. The Kier molecular flexibility index (Phi) is 7.90. The van der Waals surface area contributed by atoms with Gasteiger partial charge in [-0.1, -0.05) is 18.2 Å².